The maximum absolute atomic E-state index is 2.25. The Morgan fingerprint density at radius 1 is 0.769 bits per heavy atom. The van der Waals surface area contributed by atoms with Crippen molar-refractivity contribution in [1.82, 2.24) is 0 Å². The fourth-order valence-electron chi connectivity index (χ4n) is 2.18. The Balaban J connectivity index is -0.000000137. The molecule has 0 aliphatic rings. The van der Waals surface area contributed by atoms with E-state index < -0.39 is 0 Å². The first kappa shape index (κ1) is 33.9. The van der Waals surface area contributed by atoms with Crippen LogP contribution >= 0.6 is 0 Å². The molecule has 2 aromatic carbocycles. The van der Waals surface area contributed by atoms with Gasteiger partial charge in [-0.1, -0.05) is 67.5 Å². The molecule has 0 unspecified atom stereocenters. The van der Waals surface area contributed by atoms with Crippen molar-refractivity contribution in [2.45, 2.75) is 79.3 Å². The summed E-state index contributed by atoms with van der Waals surface area (Å²) in [5, 5.41) is 0. The molecule has 0 fully saturated rings. The third-order valence-electron chi connectivity index (χ3n) is 3.78. The predicted octanol–water partition coefficient (Wildman–Crippen LogP) is 0.979. The SMILES string of the molecule is CC[SiH]CC.Cc1c[cH-]c(C(C)C)c1.Cc1c[cH-]c(C(C)C)c1.[Cl-].[Cl-].[Zr+4]. The van der Waals surface area contributed by atoms with Crippen LogP contribution in [0.2, 0.25) is 12.1 Å². The van der Waals surface area contributed by atoms with Crippen molar-refractivity contribution in [1.29, 1.82) is 0 Å². The van der Waals surface area contributed by atoms with Gasteiger partial charge in [0, 0.05) is 9.52 Å². The standard InChI is InChI=1S/2C9H13.C4H11Si.2ClH.Zr/c2*1-7(2)9-5-4-8(3)6-9;1-3-5-4-2;;;/h2*4-7H,1-3H3;5H,3-4H2,1-2H3;2*1H;/q2*-1;;;;+4/p-2. The molecule has 0 saturated heterocycles. The molecular weight excluding hydrogens is 454 g/mol. The zero-order chi connectivity index (χ0) is 17.8. The van der Waals surface area contributed by atoms with E-state index >= 15 is 0 Å². The van der Waals surface area contributed by atoms with E-state index in [4.69, 9.17) is 0 Å². The van der Waals surface area contributed by atoms with E-state index in [0.717, 1.165) is 9.52 Å². The van der Waals surface area contributed by atoms with Gasteiger partial charge in [-0.2, -0.15) is 35.4 Å². The Morgan fingerprint density at radius 3 is 1.15 bits per heavy atom. The maximum atomic E-state index is 2.25. The third-order valence-corrected chi connectivity index (χ3v) is 4.93. The fourth-order valence-corrected chi connectivity index (χ4v) is 2.76. The molecule has 0 aliphatic carbocycles. The van der Waals surface area contributed by atoms with Crippen LogP contribution in [0, 0.1) is 13.8 Å². The summed E-state index contributed by atoms with van der Waals surface area (Å²) in [6.45, 7) is 17.6. The molecule has 0 spiro atoms. The van der Waals surface area contributed by atoms with Crippen molar-refractivity contribution in [3.05, 3.63) is 58.7 Å². The van der Waals surface area contributed by atoms with Crippen molar-refractivity contribution in [2.75, 3.05) is 0 Å². The van der Waals surface area contributed by atoms with Gasteiger partial charge in [0.2, 0.25) is 0 Å². The molecule has 0 atom stereocenters. The van der Waals surface area contributed by atoms with E-state index in [1.54, 1.807) is 0 Å². The van der Waals surface area contributed by atoms with Gasteiger partial charge < -0.3 is 24.8 Å². The van der Waals surface area contributed by atoms with Gasteiger partial charge in [0.15, 0.2) is 0 Å². The van der Waals surface area contributed by atoms with Crippen molar-refractivity contribution in [3.8, 4) is 0 Å². The topological polar surface area (TPSA) is 0 Å². The van der Waals surface area contributed by atoms with Crippen molar-refractivity contribution >= 4 is 9.52 Å². The Hall–Kier alpha value is 0.380. The number of halogens is 2. The number of hydrogen-bond donors (Lipinski definition) is 0. The average Bonchev–Trinajstić information content (AvgIpc) is 3.10. The Morgan fingerprint density at radius 2 is 1.08 bits per heavy atom. The summed E-state index contributed by atoms with van der Waals surface area (Å²) in [6, 6.07) is 16.0. The molecule has 0 aliphatic heterocycles. The Kier molecular flexibility index (Phi) is 26.3. The summed E-state index contributed by atoms with van der Waals surface area (Å²) in [7, 11) is 0.815. The van der Waals surface area contributed by atoms with Crippen LogP contribution in [0.1, 0.15) is 75.6 Å². The monoisotopic (exact) mass is 489 g/mol. The number of hydrogen-bond acceptors (Lipinski definition) is 0. The number of aryl methyl sites for hydroxylation is 2. The van der Waals surface area contributed by atoms with Crippen molar-refractivity contribution < 1.29 is 51.0 Å². The molecule has 4 heteroatoms. The van der Waals surface area contributed by atoms with Gasteiger partial charge in [0.05, 0.1) is 0 Å². The van der Waals surface area contributed by atoms with Crippen LogP contribution in [-0.2, 0) is 26.2 Å². The molecule has 0 bridgehead atoms. The minimum atomic E-state index is 0. The molecule has 0 nitrogen and oxygen atoms in total. The van der Waals surface area contributed by atoms with Crippen LogP contribution in [0.25, 0.3) is 0 Å². The maximum Gasteiger partial charge on any atom is 4.00 e. The van der Waals surface area contributed by atoms with Crippen LogP contribution < -0.4 is 24.8 Å². The van der Waals surface area contributed by atoms with Gasteiger partial charge in [0.25, 0.3) is 0 Å². The second-order valence-electron chi connectivity index (χ2n) is 6.86. The first-order chi connectivity index (χ1) is 10.8. The molecule has 26 heavy (non-hydrogen) atoms. The zero-order valence-corrected chi connectivity index (χ0v) is 23.0. The predicted molar refractivity (Wildman–Crippen MR) is 110 cm³/mol. The van der Waals surface area contributed by atoms with Gasteiger partial charge in [-0.25, -0.2) is 23.3 Å². The second kappa shape index (κ2) is 20.1. The summed E-state index contributed by atoms with van der Waals surface area (Å²) in [5.41, 5.74) is 5.65. The molecule has 1 radical (unpaired) electrons. The van der Waals surface area contributed by atoms with Crippen LogP contribution in [0.15, 0.2) is 36.4 Å². The summed E-state index contributed by atoms with van der Waals surface area (Å²) in [6.07, 6.45) is 0. The molecular formula is C22H37Cl2SiZr. The van der Waals surface area contributed by atoms with E-state index in [2.05, 4.69) is 91.8 Å². The molecule has 0 amide bonds. The van der Waals surface area contributed by atoms with Gasteiger partial charge in [-0.3, -0.25) is 0 Å². The van der Waals surface area contributed by atoms with E-state index in [0.29, 0.717) is 11.8 Å². The van der Waals surface area contributed by atoms with Gasteiger partial charge >= 0.3 is 26.2 Å². The summed E-state index contributed by atoms with van der Waals surface area (Å²) in [5.74, 6) is 1.36. The van der Waals surface area contributed by atoms with Crippen LogP contribution in [0.3, 0.4) is 0 Å². The van der Waals surface area contributed by atoms with Crippen LogP contribution in [-0.4, -0.2) is 9.52 Å². The van der Waals surface area contributed by atoms with E-state index in [9.17, 15) is 0 Å². The minimum Gasteiger partial charge on any atom is -1.00 e. The second-order valence-corrected chi connectivity index (χ2v) is 9.07. The van der Waals surface area contributed by atoms with E-state index in [1.807, 2.05) is 0 Å². The molecule has 0 N–H and O–H groups in total. The smallest absolute Gasteiger partial charge is 1.00 e. The molecule has 0 heterocycles. The largest absolute Gasteiger partial charge is 4.00 e. The normalized spacial score (nSPS) is 9.00. The summed E-state index contributed by atoms with van der Waals surface area (Å²) >= 11 is 0. The van der Waals surface area contributed by atoms with Gasteiger partial charge in [-0.05, 0) is 11.8 Å². The van der Waals surface area contributed by atoms with E-state index in [1.165, 1.54) is 34.3 Å². The van der Waals surface area contributed by atoms with Crippen LogP contribution in [0.5, 0.6) is 0 Å². The van der Waals surface area contributed by atoms with Crippen molar-refractivity contribution in [3.63, 3.8) is 0 Å². The average molecular weight is 492 g/mol. The molecule has 0 aromatic heterocycles. The summed E-state index contributed by atoms with van der Waals surface area (Å²) in [4.78, 5) is 0. The first-order valence-electron chi connectivity index (χ1n) is 9.09. The quantitative estimate of drug-likeness (QED) is 0.442. The Labute approximate surface area is 197 Å². The number of rotatable bonds is 4. The molecule has 147 valence electrons. The zero-order valence-electron chi connectivity index (χ0n) is 17.9. The molecule has 2 aromatic rings. The van der Waals surface area contributed by atoms with Gasteiger partial charge in [-0.15, -0.1) is 0 Å². The molecule has 0 saturated carbocycles. The van der Waals surface area contributed by atoms with Crippen molar-refractivity contribution in [2.24, 2.45) is 0 Å². The molecule has 2 rings (SSSR count). The minimum absolute atomic E-state index is 0. The first-order valence-corrected chi connectivity index (χ1v) is 10.7. The Bertz CT molecular complexity index is 469. The fraction of sp³-hybridized carbons (Fsp3) is 0.545. The van der Waals surface area contributed by atoms with Crippen LogP contribution in [0.4, 0.5) is 0 Å². The van der Waals surface area contributed by atoms with E-state index in [-0.39, 0.29) is 51.0 Å². The summed E-state index contributed by atoms with van der Waals surface area (Å²) < 4.78 is 0. The third kappa shape index (κ3) is 16.5. The van der Waals surface area contributed by atoms with Gasteiger partial charge in [0.1, 0.15) is 0 Å².